The molecular formula is C15H19BrN2O3. The number of halogens is 1. The topological polar surface area (TPSA) is 72.6 Å². The van der Waals surface area contributed by atoms with Gasteiger partial charge in [0.1, 0.15) is 0 Å². The van der Waals surface area contributed by atoms with Gasteiger partial charge in [0.25, 0.3) is 5.91 Å². The monoisotopic (exact) mass is 354 g/mol. The molecule has 5 nitrogen and oxygen atoms in total. The Balaban J connectivity index is 2.01. The van der Waals surface area contributed by atoms with Crippen LogP contribution in [0.3, 0.4) is 0 Å². The molecule has 0 spiro atoms. The SMILES string of the molecule is CC(OC(=O)c1cc(N)ccc1Br)C(=O)N1CCCCC1. The molecule has 1 fully saturated rings. The van der Waals surface area contributed by atoms with Gasteiger partial charge in [-0.1, -0.05) is 0 Å². The molecular weight excluding hydrogens is 336 g/mol. The third kappa shape index (κ3) is 3.97. The van der Waals surface area contributed by atoms with Crippen LogP contribution < -0.4 is 5.73 Å². The number of hydrogen-bond donors (Lipinski definition) is 1. The number of nitrogen functional groups attached to an aromatic ring is 1. The second-order valence-electron chi connectivity index (χ2n) is 5.17. The summed E-state index contributed by atoms with van der Waals surface area (Å²) in [7, 11) is 0. The molecule has 6 heteroatoms. The van der Waals surface area contributed by atoms with Gasteiger partial charge in [0.15, 0.2) is 6.10 Å². The highest BCUT2D eigenvalue weighted by molar-refractivity contribution is 9.10. The first kappa shape index (κ1) is 15.8. The third-order valence-electron chi connectivity index (χ3n) is 3.51. The molecule has 21 heavy (non-hydrogen) atoms. The molecule has 2 rings (SSSR count). The predicted octanol–water partition coefficient (Wildman–Crippen LogP) is 2.59. The van der Waals surface area contributed by atoms with Gasteiger partial charge in [-0.25, -0.2) is 4.79 Å². The van der Waals surface area contributed by atoms with Crippen LogP contribution in [0.2, 0.25) is 0 Å². The number of nitrogens with two attached hydrogens (primary N) is 1. The van der Waals surface area contributed by atoms with Crippen molar-refractivity contribution in [3.05, 3.63) is 28.2 Å². The summed E-state index contributed by atoms with van der Waals surface area (Å²) in [5, 5.41) is 0. The number of amides is 1. The van der Waals surface area contributed by atoms with Gasteiger partial charge in [-0.15, -0.1) is 0 Å². The summed E-state index contributed by atoms with van der Waals surface area (Å²) in [5.41, 5.74) is 6.47. The summed E-state index contributed by atoms with van der Waals surface area (Å²) < 4.78 is 5.87. The molecule has 1 aliphatic heterocycles. The fraction of sp³-hybridized carbons (Fsp3) is 0.467. The number of ether oxygens (including phenoxy) is 1. The van der Waals surface area contributed by atoms with Crippen molar-refractivity contribution in [3.63, 3.8) is 0 Å². The first-order chi connectivity index (χ1) is 9.99. The fourth-order valence-electron chi connectivity index (χ4n) is 2.35. The van der Waals surface area contributed by atoms with E-state index in [-0.39, 0.29) is 5.91 Å². The Morgan fingerprint density at radius 3 is 2.62 bits per heavy atom. The van der Waals surface area contributed by atoms with E-state index in [1.165, 1.54) is 6.07 Å². The molecule has 1 aromatic rings. The van der Waals surface area contributed by atoms with E-state index in [0.29, 0.717) is 15.7 Å². The van der Waals surface area contributed by atoms with Crippen molar-refractivity contribution in [2.45, 2.75) is 32.3 Å². The van der Waals surface area contributed by atoms with Crippen molar-refractivity contribution in [2.24, 2.45) is 0 Å². The van der Waals surface area contributed by atoms with Crippen molar-refractivity contribution >= 4 is 33.5 Å². The number of benzene rings is 1. The zero-order valence-electron chi connectivity index (χ0n) is 12.0. The summed E-state index contributed by atoms with van der Waals surface area (Å²) >= 11 is 3.28. The Morgan fingerprint density at radius 1 is 1.29 bits per heavy atom. The summed E-state index contributed by atoms with van der Waals surface area (Å²) in [5.74, 6) is -0.685. The summed E-state index contributed by atoms with van der Waals surface area (Å²) in [6, 6.07) is 4.90. The lowest BCUT2D eigenvalue weighted by atomic mass is 10.1. The van der Waals surface area contributed by atoms with E-state index in [2.05, 4.69) is 15.9 Å². The normalized spacial score (nSPS) is 16.4. The molecule has 1 saturated heterocycles. The average molecular weight is 355 g/mol. The summed E-state index contributed by atoms with van der Waals surface area (Å²) in [6.07, 6.45) is 2.37. The Bertz CT molecular complexity index is 542. The molecule has 114 valence electrons. The van der Waals surface area contributed by atoms with E-state index in [1.807, 2.05) is 0 Å². The molecule has 1 heterocycles. The number of piperidine rings is 1. The van der Waals surface area contributed by atoms with E-state index in [1.54, 1.807) is 24.0 Å². The maximum atomic E-state index is 12.2. The van der Waals surface area contributed by atoms with Crippen LogP contribution in [-0.4, -0.2) is 36.0 Å². The first-order valence-corrected chi connectivity index (χ1v) is 7.83. The lowest BCUT2D eigenvalue weighted by molar-refractivity contribution is -0.140. The molecule has 0 aromatic heterocycles. The first-order valence-electron chi connectivity index (χ1n) is 7.04. The smallest absolute Gasteiger partial charge is 0.340 e. The number of hydrogen-bond acceptors (Lipinski definition) is 4. The number of nitrogens with zero attached hydrogens (tertiary/aromatic N) is 1. The number of rotatable bonds is 3. The van der Waals surface area contributed by atoms with E-state index >= 15 is 0 Å². The predicted molar refractivity (Wildman–Crippen MR) is 83.9 cm³/mol. The van der Waals surface area contributed by atoms with Crippen LogP contribution in [0, 0.1) is 0 Å². The van der Waals surface area contributed by atoms with Gasteiger partial charge in [-0.3, -0.25) is 4.79 Å². The Morgan fingerprint density at radius 2 is 1.95 bits per heavy atom. The standard InChI is InChI=1S/C15H19BrN2O3/c1-10(14(19)18-7-3-2-4-8-18)21-15(20)12-9-11(17)5-6-13(12)16/h5-6,9-10H,2-4,7-8,17H2,1H3. The van der Waals surface area contributed by atoms with Crippen molar-refractivity contribution in [1.82, 2.24) is 4.90 Å². The lowest BCUT2D eigenvalue weighted by Gasteiger charge is -2.29. The minimum absolute atomic E-state index is 0.136. The number of anilines is 1. The van der Waals surface area contributed by atoms with Gasteiger partial charge in [0, 0.05) is 23.2 Å². The van der Waals surface area contributed by atoms with Crippen LogP contribution in [0.5, 0.6) is 0 Å². The minimum atomic E-state index is -0.788. The van der Waals surface area contributed by atoms with Crippen molar-refractivity contribution in [2.75, 3.05) is 18.8 Å². The van der Waals surface area contributed by atoms with Crippen molar-refractivity contribution in [3.8, 4) is 0 Å². The van der Waals surface area contributed by atoms with Gasteiger partial charge in [0.05, 0.1) is 5.56 Å². The van der Waals surface area contributed by atoms with E-state index in [0.717, 1.165) is 32.4 Å². The van der Waals surface area contributed by atoms with Crippen LogP contribution in [0.1, 0.15) is 36.5 Å². The Labute approximate surface area is 132 Å². The largest absolute Gasteiger partial charge is 0.449 e. The van der Waals surface area contributed by atoms with Crippen molar-refractivity contribution in [1.29, 1.82) is 0 Å². The summed E-state index contributed by atoms with van der Waals surface area (Å²) in [4.78, 5) is 26.1. The zero-order chi connectivity index (χ0) is 15.4. The lowest BCUT2D eigenvalue weighted by Crippen LogP contribution is -2.42. The zero-order valence-corrected chi connectivity index (χ0v) is 13.6. The fourth-order valence-corrected chi connectivity index (χ4v) is 2.75. The Kier molecular flexibility index (Phi) is 5.22. The van der Waals surface area contributed by atoms with Gasteiger partial charge in [-0.2, -0.15) is 0 Å². The molecule has 0 saturated carbocycles. The van der Waals surface area contributed by atoms with E-state index in [4.69, 9.17) is 10.5 Å². The van der Waals surface area contributed by atoms with Crippen molar-refractivity contribution < 1.29 is 14.3 Å². The number of likely N-dealkylation sites (tertiary alicyclic amines) is 1. The van der Waals surface area contributed by atoms with Gasteiger partial charge >= 0.3 is 5.97 Å². The van der Waals surface area contributed by atoms with Crippen LogP contribution in [0.25, 0.3) is 0 Å². The molecule has 1 atom stereocenters. The minimum Gasteiger partial charge on any atom is -0.449 e. The second-order valence-corrected chi connectivity index (χ2v) is 6.03. The highest BCUT2D eigenvalue weighted by Crippen LogP contribution is 2.21. The molecule has 0 aliphatic carbocycles. The highest BCUT2D eigenvalue weighted by Gasteiger charge is 2.26. The van der Waals surface area contributed by atoms with Gasteiger partial charge < -0.3 is 15.4 Å². The molecule has 1 amide bonds. The van der Waals surface area contributed by atoms with Crippen LogP contribution in [0.15, 0.2) is 22.7 Å². The van der Waals surface area contributed by atoms with Crippen LogP contribution in [-0.2, 0) is 9.53 Å². The number of esters is 1. The summed E-state index contributed by atoms with van der Waals surface area (Å²) in [6.45, 7) is 3.08. The van der Waals surface area contributed by atoms with Crippen LogP contribution in [0.4, 0.5) is 5.69 Å². The molecule has 1 unspecified atom stereocenters. The highest BCUT2D eigenvalue weighted by atomic mass is 79.9. The number of carbonyl (C=O) groups excluding carboxylic acids is 2. The molecule has 1 aliphatic rings. The third-order valence-corrected chi connectivity index (χ3v) is 4.20. The van der Waals surface area contributed by atoms with Gasteiger partial charge in [0.2, 0.25) is 0 Å². The second kappa shape index (κ2) is 6.93. The van der Waals surface area contributed by atoms with E-state index in [9.17, 15) is 9.59 Å². The maximum Gasteiger partial charge on any atom is 0.340 e. The quantitative estimate of drug-likeness (QED) is 0.668. The maximum absolute atomic E-state index is 12.2. The molecule has 1 aromatic carbocycles. The van der Waals surface area contributed by atoms with Crippen LogP contribution >= 0.6 is 15.9 Å². The van der Waals surface area contributed by atoms with Gasteiger partial charge in [-0.05, 0) is 60.3 Å². The Hall–Kier alpha value is -1.56. The molecule has 2 N–H and O–H groups in total. The average Bonchev–Trinajstić information content (AvgIpc) is 2.49. The molecule has 0 radical (unpaired) electrons. The number of carbonyl (C=O) groups is 2. The van der Waals surface area contributed by atoms with E-state index < -0.39 is 12.1 Å². The molecule has 0 bridgehead atoms.